The lowest BCUT2D eigenvalue weighted by atomic mass is 10.2. The van der Waals surface area contributed by atoms with Crippen LogP contribution in [0.5, 0.6) is 0 Å². The number of benzene rings is 1. The molecule has 0 spiro atoms. The first-order chi connectivity index (χ1) is 9.24. The second-order valence-corrected chi connectivity index (χ2v) is 9.15. The van der Waals surface area contributed by atoms with Crippen LogP contribution < -0.4 is 10.5 Å². The Bertz CT molecular complexity index is 696. The Kier molecular flexibility index (Phi) is 4.29. The van der Waals surface area contributed by atoms with Gasteiger partial charge < -0.3 is 5.73 Å². The summed E-state index contributed by atoms with van der Waals surface area (Å²) in [4.78, 5) is -0.211. The van der Waals surface area contributed by atoms with Crippen molar-refractivity contribution in [1.29, 1.82) is 0 Å². The molecule has 0 saturated carbocycles. The average molecular weight is 339 g/mol. The number of nitrogens with two attached hydrogens (primary N) is 1. The highest BCUT2D eigenvalue weighted by atomic mass is 35.5. The number of halogens is 1. The molecule has 0 aliphatic carbocycles. The molecule has 1 aromatic rings. The number of sulfone groups is 1. The van der Waals surface area contributed by atoms with Gasteiger partial charge in [-0.2, -0.15) is 0 Å². The van der Waals surface area contributed by atoms with Crippen molar-refractivity contribution >= 4 is 37.1 Å². The van der Waals surface area contributed by atoms with E-state index >= 15 is 0 Å². The molecule has 6 nitrogen and oxygen atoms in total. The van der Waals surface area contributed by atoms with E-state index in [1.807, 2.05) is 0 Å². The molecule has 1 saturated heterocycles. The van der Waals surface area contributed by atoms with Crippen LogP contribution in [-0.2, 0) is 19.9 Å². The minimum absolute atomic E-state index is 0.00628. The van der Waals surface area contributed by atoms with Crippen molar-refractivity contribution in [2.75, 3.05) is 18.0 Å². The molecule has 9 heteroatoms. The molecule has 0 amide bonds. The summed E-state index contributed by atoms with van der Waals surface area (Å²) in [6, 6.07) is 4.38. The van der Waals surface area contributed by atoms with Gasteiger partial charge in [0.2, 0.25) is 10.0 Å². The number of nitrogen functional groups attached to an aromatic ring is 1. The fourth-order valence-corrected chi connectivity index (χ4v) is 5.80. The van der Waals surface area contributed by atoms with E-state index in [1.165, 1.54) is 18.2 Å². The van der Waals surface area contributed by atoms with Crippen molar-refractivity contribution in [2.45, 2.75) is 23.0 Å². The molecule has 0 aromatic heterocycles. The lowest BCUT2D eigenvalue weighted by Crippen LogP contribution is -2.35. The van der Waals surface area contributed by atoms with Gasteiger partial charge in [0.15, 0.2) is 9.84 Å². The van der Waals surface area contributed by atoms with E-state index in [4.69, 9.17) is 17.3 Å². The Morgan fingerprint density at radius 3 is 2.65 bits per heavy atom. The maximum atomic E-state index is 12.2. The van der Waals surface area contributed by atoms with Crippen molar-refractivity contribution in [2.24, 2.45) is 0 Å². The van der Waals surface area contributed by atoms with Gasteiger partial charge in [0, 0.05) is 6.54 Å². The van der Waals surface area contributed by atoms with Gasteiger partial charge in [0.05, 0.1) is 21.7 Å². The van der Waals surface area contributed by atoms with Gasteiger partial charge in [-0.25, -0.2) is 21.6 Å². The Hall–Kier alpha value is -0.830. The second-order valence-electron chi connectivity index (χ2n) is 4.64. The van der Waals surface area contributed by atoms with Crippen LogP contribution in [0.15, 0.2) is 23.1 Å². The number of nitrogens with one attached hydrogen (secondary N) is 1. The zero-order valence-corrected chi connectivity index (χ0v) is 12.9. The van der Waals surface area contributed by atoms with Crippen molar-refractivity contribution in [3.05, 3.63) is 23.2 Å². The number of sulfonamides is 1. The normalized spacial score (nSPS) is 21.9. The molecule has 1 heterocycles. The Labute approximate surface area is 123 Å². The molecule has 1 aromatic carbocycles. The summed E-state index contributed by atoms with van der Waals surface area (Å²) < 4.78 is 50.0. The summed E-state index contributed by atoms with van der Waals surface area (Å²) in [6.45, 7) is -0.157. The smallest absolute Gasteiger partial charge is 0.244 e. The van der Waals surface area contributed by atoms with Crippen molar-refractivity contribution in [3.8, 4) is 0 Å². The highest BCUT2D eigenvalue weighted by molar-refractivity contribution is 7.92. The van der Waals surface area contributed by atoms with E-state index in [-0.39, 0.29) is 27.9 Å². The average Bonchev–Trinajstić information content (AvgIpc) is 2.65. The molecule has 112 valence electrons. The van der Waals surface area contributed by atoms with Crippen molar-refractivity contribution in [1.82, 2.24) is 4.72 Å². The zero-order chi connectivity index (χ0) is 15.0. The molecule has 2 rings (SSSR count). The summed E-state index contributed by atoms with van der Waals surface area (Å²) in [5, 5.41) is -0.673. The number of hydrogen-bond acceptors (Lipinski definition) is 5. The van der Waals surface area contributed by atoms with Gasteiger partial charge in [0.25, 0.3) is 0 Å². The predicted octanol–water partition coefficient (Wildman–Crippen LogP) is 0.778. The van der Waals surface area contributed by atoms with Gasteiger partial charge in [-0.1, -0.05) is 17.7 Å². The molecule has 20 heavy (non-hydrogen) atoms. The second kappa shape index (κ2) is 5.51. The van der Waals surface area contributed by atoms with E-state index in [0.717, 1.165) is 0 Å². The molecule has 1 aliphatic rings. The largest absolute Gasteiger partial charge is 0.398 e. The lowest BCUT2D eigenvalue weighted by molar-refractivity contribution is 0.571. The van der Waals surface area contributed by atoms with Crippen LogP contribution in [0.2, 0.25) is 5.02 Å². The van der Waals surface area contributed by atoms with Crippen LogP contribution in [-0.4, -0.2) is 34.4 Å². The van der Waals surface area contributed by atoms with Gasteiger partial charge >= 0.3 is 0 Å². The van der Waals surface area contributed by atoms with Crippen LogP contribution in [0.3, 0.4) is 0 Å². The summed E-state index contributed by atoms with van der Waals surface area (Å²) in [5.41, 5.74) is 5.65. The summed E-state index contributed by atoms with van der Waals surface area (Å²) in [5.74, 6) is 0.105. The van der Waals surface area contributed by atoms with Crippen molar-refractivity contribution < 1.29 is 16.8 Å². The summed E-state index contributed by atoms with van der Waals surface area (Å²) in [7, 11) is -7.13. The van der Waals surface area contributed by atoms with Gasteiger partial charge in [-0.3, -0.25) is 0 Å². The molecule has 1 atom stereocenters. The minimum atomic E-state index is -3.93. The van der Waals surface area contributed by atoms with E-state index in [9.17, 15) is 16.8 Å². The van der Waals surface area contributed by atoms with E-state index in [2.05, 4.69) is 4.72 Å². The highest BCUT2D eigenvalue weighted by Crippen LogP contribution is 2.27. The molecule has 1 unspecified atom stereocenters. The third-order valence-electron chi connectivity index (χ3n) is 3.23. The maximum Gasteiger partial charge on any atom is 0.244 e. The maximum absolute atomic E-state index is 12.2. The topological polar surface area (TPSA) is 106 Å². The first kappa shape index (κ1) is 15.6. The SMILES string of the molecule is Nc1cccc(Cl)c1S(=O)(=O)NCC1CCCS1(=O)=O. The molecular formula is C11H15ClN2O4S2. The van der Waals surface area contributed by atoms with Gasteiger partial charge in [0.1, 0.15) is 4.90 Å². The first-order valence-electron chi connectivity index (χ1n) is 5.99. The predicted molar refractivity (Wildman–Crippen MR) is 77.9 cm³/mol. The van der Waals surface area contributed by atoms with Crippen LogP contribution in [0.4, 0.5) is 5.69 Å². The molecule has 1 aliphatic heterocycles. The Morgan fingerprint density at radius 1 is 1.40 bits per heavy atom. The zero-order valence-electron chi connectivity index (χ0n) is 10.5. The quantitative estimate of drug-likeness (QED) is 0.789. The van der Waals surface area contributed by atoms with Crippen LogP contribution in [0.1, 0.15) is 12.8 Å². The molecule has 0 bridgehead atoms. The lowest BCUT2D eigenvalue weighted by Gasteiger charge is -2.13. The number of anilines is 1. The fraction of sp³-hybridized carbons (Fsp3) is 0.455. The molecule has 1 fully saturated rings. The third kappa shape index (κ3) is 3.08. The monoisotopic (exact) mass is 338 g/mol. The molecule has 3 N–H and O–H groups in total. The van der Waals surface area contributed by atoms with Crippen LogP contribution in [0, 0.1) is 0 Å². The van der Waals surface area contributed by atoms with E-state index in [0.29, 0.717) is 12.8 Å². The number of hydrogen-bond donors (Lipinski definition) is 2. The minimum Gasteiger partial charge on any atom is -0.398 e. The Morgan fingerprint density at radius 2 is 2.10 bits per heavy atom. The third-order valence-corrected chi connectivity index (χ3v) is 7.47. The molecular weight excluding hydrogens is 324 g/mol. The van der Waals surface area contributed by atoms with E-state index in [1.54, 1.807) is 0 Å². The molecule has 0 radical (unpaired) electrons. The first-order valence-corrected chi connectivity index (χ1v) is 9.57. The summed E-state index contributed by atoms with van der Waals surface area (Å²) >= 11 is 5.85. The van der Waals surface area contributed by atoms with Crippen LogP contribution >= 0.6 is 11.6 Å². The van der Waals surface area contributed by atoms with E-state index < -0.39 is 25.1 Å². The number of rotatable bonds is 4. The van der Waals surface area contributed by atoms with Crippen LogP contribution in [0.25, 0.3) is 0 Å². The highest BCUT2D eigenvalue weighted by Gasteiger charge is 2.32. The fourth-order valence-electron chi connectivity index (χ4n) is 2.17. The van der Waals surface area contributed by atoms with Crippen molar-refractivity contribution in [3.63, 3.8) is 0 Å². The standard InChI is InChI=1S/C11H15ClN2O4S2/c12-9-4-1-5-10(13)11(9)20(17,18)14-7-8-3-2-6-19(8,15)16/h1,4-5,8,14H,2-3,6-7,13H2. The van der Waals surface area contributed by atoms with Gasteiger partial charge in [-0.15, -0.1) is 0 Å². The van der Waals surface area contributed by atoms with Gasteiger partial charge in [-0.05, 0) is 25.0 Å². The Balaban J connectivity index is 2.21. The summed E-state index contributed by atoms with van der Waals surface area (Å²) in [6.07, 6.45) is 1.02.